The minimum atomic E-state index is -2.21. The summed E-state index contributed by atoms with van der Waals surface area (Å²) in [6.45, 7) is 8.89. The Morgan fingerprint density at radius 1 is 0.453 bits per heavy atom. The molecule has 53 heavy (non-hydrogen) atoms. The molecular weight excluding hydrogens is 2880 g/mol. The van der Waals surface area contributed by atoms with Gasteiger partial charge in [0.15, 0.2) is 17.4 Å². The second-order valence-electron chi connectivity index (χ2n) is 3.71. The second-order valence-corrected chi connectivity index (χ2v) is 11.1. The first-order valence-corrected chi connectivity index (χ1v) is 19.9. The van der Waals surface area contributed by atoms with Crippen LogP contribution in [-0.4, -0.2) is 111 Å². The Hall–Kier alpha value is 16.0. The normalized spacial score (nSPS) is 7.64. The van der Waals surface area contributed by atoms with E-state index in [1.54, 1.807) is 33.8 Å². The summed E-state index contributed by atoms with van der Waals surface area (Å²) in [6, 6.07) is 0. The molecule has 0 aromatic carbocycles. The van der Waals surface area contributed by atoms with Gasteiger partial charge in [-0.2, -0.15) is 0 Å². The van der Waals surface area contributed by atoms with Gasteiger partial charge in [0.2, 0.25) is 0 Å². The third-order valence-electron chi connectivity index (χ3n) is 0.968. The van der Waals surface area contributed by atoms with Gasteiger partial charge in [0.05, 0.1) is 0 Å². The Balaban J connectivity index is -0.00000000786. The van der Waals surface area contributed by atoms with E-state index < -0.39 is 51.8 Å². The molecule has 0 aliphatic carbocycles. The predicted octanol–water partition coefficient (Wildman–Crippen LogP) is 2.80. The van der Waals surface area contributed by atoms with Gasteiger partial charge in [0.1, 0.15) is 18.1 Å². The first kappa shape index (κ1) is 158. The van der Waals surface area contributed by atoms with Gasteiger partial charge in [-0.25, -0.2) is 21.3 Å². The van der Waals surface area contributed by atoms with Crippen LogP contribution in [0.3, 0.4) is 0 Å². The monoisotopic (exact) mass is 2930 g/mol. The fourth-order valence-electron chi connectivity index (χ4n) is 0. The summed E-state index contributed by atoms with van der Waals surface area (Å²) in [4.78, 5) is 77.8. The van der Waals surface area contributed by atoms with Crippen molar-refractivity contribution in [1.29, 1.82) is 0 Å². The van der Waals surface area contributed by atoms with Gasteiger partial charge in [-0.3, -0.25) is 0 Å². The van der Waals surface area contributed by atoms with E-state index in [4.69, 9.17) is 48.9 Å². The molecule has 0 rings (SSSR count). The molecule has 17 nitrogen and oxygen atoms in total. The van der Waals surface area contributed by atoms with E-state index in [-0.39, 0.29) is 404 Å². The molecule has 41 heteroatoms. The Morgan fingerprint density at radius 3 is 0.566 bits per heavy atom. The van der Waals surface area contributed by atoms with E-state index >= 15 is 0 Å². The van der Waals surface area contributed by atoms with Crippen molar-refractivity contribution in [2.24, 2.45) is 0 Å². The molecule has 0 saturated carbocycles. The SMILES string of the molecule is COP(C)O.COP(O)O.COPC.COPO.CP(C)O.CPO.[CH2-]OP(O)O.[CH2-]OPO.[CH2-]OPO.[W].[W].[W].[W].[W].[W].[W].[W].[W].[Y].[Y].[Y].[Y].[Y].[Y]. The van der Waals surface area contributed by atoms with Gasteiger partial charge in [-0.1, -0.05) is 0 Å². The molecule has 0 heterocycles. The van der Waals surface area contributed by atoms with Crippen LogP contribution in [0.4, 0.5) is 0 Å². The van der Waals surface area contributed by atoms with E-state index in [9.17, 15) is 0 Å². The molecule has 0 aromatic heterocycles. The maximum absolute atomic E-state index is 8.20. The molecule has 0 fully saturated rings. The molecule has 6 unspecified atom stereocenters. The van der Waals surface area contributed by atoms with Gasteiger partial charge in [0.25, 0.3) is 8.60 Å². The summed E-state index contributed by atoms with van der Waals surface area (Å²) >= 11 is 0. The molecule has 0 aliphatic heterocycles. The van der Waals surface area contributed by atoms with Crippen molar-refractivity contribution in [1.82, 2.24) is 0 Å². The Morgan fingerprint density at radius 2 is 0.566 bits per heavy atom. The van der Waals surface area contributed by atoms with Crippen LogP contribution in [0.15, 0.2) is 0 Å². The van der Waals surface area contributed by atoms with Crippen LogP contribution < -0.4 is 0 Å². The van der Waals surface area contributed by atoms with Crippen molar-refractivity contribution < 1.29 is 466 Å². The van der Waals surface area contributed by atoms with Crippen LogP contribution in [0.1, 0.15) is 0 Å². The molecule has 6 radical (unpaired) electrons. The standard InChI is InChI=1S/C2H7O2P.2C2H7OP.CH5O3P.CH4O3P.CH5O2P.2CH4O2P.CH5OP.9W.6Y/c1-4-5(2)3;1-4(2)3;1-3-4-2;2*1-4-5(2)3;3*1-3-4-2;1-3-2;;;;;;;;;;;;;;;/h3H,1-2H3;3H,1-2H3;4H,1-2H3;2-3H,1H3;2-3H,1H2;2,4H,1H3;2*2,4H,1H2;2-3H,1H3;;;;;;;;;;;;;;;/q;;;;-1;;2*-1;;;;;;;;;;;;;;;;. The van der Waals surface area contributed by atoms with Crippen LogP contribution in [0.2, 0.25) is 0 Å². The van der Waals surface area contributed by atoms with Crippen molar-refractivity contribution >= 4 is 78.4 Å². The maximum atomic E-state index is 8.20. The van der Waals surface area contributed by atoms with Crippen LogP contribution in [0.5, 0.6) is 0 Å². The number of hydrogen-bond acceptors (Lipinski definition) is 17. The van der Waals surface area contributed by atoms with E-state index in [2.05, 4.69) is 53.0 Å². The third kappa shape index (κ3) is 438. The molecule has 0 aromatic rings. The Labute approximate surface area is 613 Å². The minimum Gasteiger partial charge on any atom is -0.517 e. The smallest absolute Gasteiger partial charge is 0.326 e. The molecule has 0 spiro atoms. The summed E-state index contributed by atoms with van der Waals surface area (Å²) in [5.74, 6) is 0. The molecule has 318 valence electrons. The van der Waals surface area contributed by atoms with Crippen LogP contribution in [0, 0.1) is 21.3 Å². The fourth-order valence-corrected chi connectivity index (χ4v) is 0. The Bertz CT molecular complexity index is 285. The summed E-state index contributed by atoms with van der Waals surface area (Å²) in [6.07, 6.45) is 0. The van der Waals surface area contributed by atoms with Crippen LogP contribution in [-0.2, 0) is 418 Å². The van der Waals surface area contributed by atoms with E-state index in [1.165, 1.54) is 21.3 Å². The summed E-state index contributed by atoms with van der Waals surface area (Å²) in [5.41, 5.74) is 0. The second kappa shape index (κ2) is 191. The van der Waals surface area contributed by atoms with E-state index in [1.807, 2.05) is 6.66 Å². The number of hydrogen-bond donors (Lipinski definition) is 10. The molecular formula is C12H48O17P9W9Y6-3. The molecule has 0 saturated heterocycles. The van der Waals surface area contributed by atoms with E-state index in [0.717, 1.165) is 0 Å². The van der Waals surface area contributed by atoms with Gasteiger partial charge in [-0.05, 0) is 26.7 Å². The fraction of sp³-hybridized carbons (Fsp3) is 0.750. The van der Waals surface area contributed by atoms with E-state index in [0.29, 0.717) is 8.81 Å². The average molecular weight is 2930 g/mol. The molecule has 6 atom stereocenters. The Kier molecular flexibility index (Phi) is 567. The quantitative estimate of drug-likeness (QED) is 0.130. The molecule has 0 aliphatic rings. The third-order valence-corrected chi connectivity index (χ3v) is 2.90. The average Bonchev–Trinajstić information content (AvgIpc) is 2.89. The molecule has 0 bridgehead atoms. The minimum absolute atomic E-state index is 0. The van der Waals surface area contributed by atoms with Gasteiger partial charge in [0, 0.05) is 447 Å². The predicted molar refractivity (Wildman–Crippen MR) is 168 cm³/mol. The first-order chi connectivity index (χ1) is 17.6. The maximum Gasteiger partial charge on any atom is 0.326 e. The van der Waals surface area contributed by atoms with Gasteiger partial charge < -0.3 is 80.6 Å². The van der Waals surface area contributed by atoms with Gasteiger partial charge >= 0.3 is 8.60 Å². The van der Waals surface area contributed by atoms with Crippen molar-refractivity contribution in [2.45, 2.75) is 0 Å². The first-order valence-electron chi connectivity index (χ1n) is 8.30. The summed E-state index contributed by atoms with van der Waals surface area (Å²) in [5, 5.41) is 0. The van der Waals surface area contributed by atoms with Gasteiger partial charge in [-0.15, -0.1) is 0 Å². The summed E-state index contributed by atoms with van der Waals surface area (Å²) in [7, 11) is 7.69. The largest absolute Gasteiger partial charge is 0.517 e. The van der Waals surface area contributed by atoms with Crippen molar-refractivity contribution in [2.75, 3.05) is 61.8 Å². The summed E-state index contributed by atoms with van der Waals surface area (Å²) < 4.78 is 28.4. The van der Waals surface area contributed by atoms with Crippen molar-refractivity contribution in [3.63, 3.8) is 0 Å². The van der Waals surface area contributed by atoms with Crippen molar-refractivity contribution in [3.05, 3.63) is 21.3 Å². The van der Waals surface area contributed by atoms with Crippen molar-refractivity contribution in [3.8, 4) is 0 Å². The zero-order valence-electron chi connectivity index (χ0n) is 29.9. The molecule has 0 amide bonds. The van der Waals surface area contributed by atoms with Crippen LogP contribution >= 0.6 is 78.4 Å². The van der Waals surface area contributed by atoms with Crippen LogP contribution in [0.25, 0.3) is 0 Å². The molecule has 10 N–H and O–H groups in total. The zero-order chi connectivity index (χ0) is 32.8. The number of rotatable bonds is 7. The topological polar surface area (TPSA) is 267 Å². The zero-order valence-corrected chi connectivity index (χ0v) is 81.9.